The lowest BCUT2D eigenvalue weighted by Gasteiger charge is -2.09. The summed E-state index contributed by atoms with van der Waals surface area (Å²) in [6, 6.07) is 9.61. The van der Waals surface area contributed by atoms with Gasteiger partial charge in [-0.3, -0.25) is 0 Å². The van der Waals surface area contributed by atoms with Crippen molar-refractivity contribution in [2.24, 2.45) is 0 Å². The van der Waals surface area contributed by atoms with Crippen LogP contribution in [-0.2, 0) is 0 Å². The molecule has 0 saturated carbocycles. The molecule has 0 aliphatic rings. The second-order valence-corrected chi connectivity index (χ2v) is 3.85. The minimum absolute atomic E-state index is 0.0497. The van der Waals surface area contributed by atoms with Crippen molar-refractivity contribution in [3.8, 4) is 22.6 Å². The third-order valence-corrected chi connectivity index (χ3v) is 2.69. The SMILES string of the molecule is COc1ccc(-c2cc(F)ccc2C)cc1O. The van der Waals surface area contributed by atoms with Crippen molar-refractivity contribution in [3.05, 3.63) is 47.8 Å². The second kappa shape index (κ2) is 4.45. The standard InChI is InChI=1S/C14H13FO2/c1-9-3-5-11(15)8-12(9)10-4-6-14(17-2)13(16)7-10/h3-8,16H,1-2H3. The van der Waals surface area contributed by atoms with E-state index in [1.165, 1.54) is 19.2 Å². The van der Waals surface area contributed by atoms with Gasteiger partial charge in [-0.25, -0.2) is 4.39 Å². The van der Waals surface area contributed by atoms with Crippen LogP contribution >= 0.6 is 0 Å². The van der Waals surface area contributed by atoms with E-state index in [-0.39, 0.29) is 11.6 Å². The summed E-state index contributed by atoms with van der Waals surface area (Å²) in [5.74, 6) is 0.164. The van der Waals surface area contributed by atoms with Crippen molar-refractivity contribution in [2.45, 2.75) is 6.92 Å². The van der Waals surface area contributed by atoms with Crippen LogP contribution in [0.2, 0.25) is 0 Å². The van der Waals surface area contributed by atoms with Gasteiger partial charge in [-0.05, 0) is 47.9 Å². The van der Waals surface area contributed by atoms with Gasteiger partial charge in [0.2, 0.25) is 0 Å². The van der Waals surface area contributed by atoms with Gasteiger partial charge in [0, 0.05) is 0 Å². The number of phenols is 1. The first-order chi connectivity index (χ1) is 8.11. The summed E-state index contributed by atoms with van der Waals surface area (Å²) in [5.41, 5.74) is 2.49. The minimum Gasteiger partial charge on any atom is -0.504 e. The van der Waals surface area contributed by atoms with E-state index in [2.05, 4.69) is 0 Å². The molecule has 1 N–H and O–H groups in total. The van der Waals surface area contributed by atoms with Crippen LogP contribution in [0.4, 0.5) is 4.39 Å². The molecule has 17 heavy (non-hydrogen) atoms. The van der Waals surface area contributed by atoms with Gasteiger partial charge < -0.3 is 9.84 Å². The summed E-state index contributed by atoms with van der Waals surface area (Å²) in [7, 11) is 1.49. The van der Waals surface area contributed by atoms with Crippen molar-refractivity contribution in [3.63, 3.8) is 0 Å². The zero-order valence-electron chi connectivity index (χ0n) is 9.70. The quantitative estimate of drug-likeness (QED) is 0.858. The van der Waals surface area contributed by atoms with Gasteiger partial charge in [0.05, 0.1) is 7.11 Å². The number of ether oxygens (including phenoxy) is 1. The normalized spacial score (nSPS) is 10.3. The first-order valence-electron chi connectivity index (χ1n) is 5.25. The van der Waals surface area contributed by atoms with Crippen LogP contribution in [0.1, 0.15) is 5.56 Å². The van der Waals surface area contributed by atoms with Crippen LogP contribution in [0, 0.1) is 12.7 Å². The Morgan fingerprint density at radius 2 is 1.88 bits per heavy atom. The largest absolute Gasteiger partial charge is 0.504 e. The molecule has 0 atom stereocenters. The molecule has 0 radical (unpaired) electrons. The maximum atomic E-state index is 13.2. The third kappa shape index (κ3) is 2.23. The molecule has 0 bridgehead atoms. The van der Waals surface area contributed by atoms with Gasteiger partial charge in [0.25, 0.3) is 0 Å². The number of phenolic OH excluding ortho intramolecular Hbond substituents is 1. The molecule has 2 aromatic rings. The van der Waals surface area contributed by atoms with Crippen LogP contribution in [-0.4, -0.2) is 12.2 Å². The monoisotopic (exact) mass is 232 g/mol. The van der Waals surface area contributed by atoms with E-state index in [0.717, 1.165) is 16.7 Å². The van der Waals surface area contributed by atoms with E-state index in [1.807, 2.05) is 6.92 Å². The highest BCUT2D eigenvalue weighted by Crippen LogP contribution is 2.32. The van der Waals surface area contributed by atoms with Gasteiger partial charge in [0.15, 0.2) is 11.5 Å². The van der Waals surface area contributed by atoms with Crippen LogP contribution in [0.25, 0.3) is 11.1 Å². The van der Waals surface area contributed by atoms with Gasteiger partial charge >= 0.3 is 0 Å². The van der Waals surface area contributed by atoms with E-state index in [1.54, 1.807) is 24.3 Å². The molecule has 2 nitrogen and oxygen atoms in total. The van der Waals surface area contributed by atoms with Crippen LogP contribution in [0.5, 0.6) is 11.5 Å². The highest BCUT2D eigenvalue weighted by atomic mass is 19.1. The van der Waals surface area contributed by atoms with Crippen molar-refractivity contribution in [2.75, 3.05) is 7.11 Å². The number of aromatic hydroxyl groups is 1. The van der Waals surface area contributed by atoms with Crippen LogP contribution in [0.3, 0.4) is 0 Å². The number of methoxy groups -OCH3 is 1. The molecule has 2 rings (SSSR count). The summed E-state index contributed by atoms with van der Waals surface area (Å²) in [4.78, 5) is 0. The number of rotatable bonds is 2. The van der Waals surface area contributed by atoms with Crippen LogP contribution < -0.4 is 4.74 Å². The fourth-order valence-electron chi connectivity index (χ4n) is 1.76. The first kappa shape index (κ1) is 11.5. The van der Waals surface area contributed by atoms with E-state index in [9.17, 15) is 9.50 Å². The predicted octanol–water partition coefficient (Wildman–Crippen LogP) is 3.52. The lowest BCUT2D eigenvalue weighted by molar-refractivity contribution is 0.373. The number of aryl methyl sites for hydroxylation is 1. The molecule has 0 spiro atoms. The average molecular weight is 232 g/mol. The number of benzene rings is 2. The maximum Gasteiger partial charge on any atom is 0.160 e. The maximum absolute atomic E-state index is 13.2. The molecule has 0 fully saturated rings. The third-order valence-electron chi connectivity index (χ3n) is 2.69. The van der Waals surface area contributed by atoms with E-state index in [4.69, 9.17) is 4.74 Å². The molecular formula is C14H13FO2. The molecule has 0 aliphatic heterocycles. The van der Waals surface area contributed by atoms with E-state index >= 15 is 0 Å². The Balaban J connectivity index is 2.53. The lowest BCUT2D eigenvalue weighted by Crippen LogP contribution is -1.87. The number of hydrogen-bond acceptors (Lipinski definition) is 2. The number of halogens is 1. The summed E-state index contributed by atoms with van der Waals surface area (Å²) >= 11 is 0. The Labute approximate surface area is 99.3 Å². The van der Waals surface area contributed by atoms with Crippen molar-refractivity contribution >= 4 is 0 Å². The van der Waals surface area contributed by atoms with Gasteiger partial charge in [0.1, 0.15) is 5.82 Å². The van der Waals surface area contributed by atoms with Gasteiger partial charge in [-0.2, -0.15) is 0 Å². The molecule has 0 unspecified atom stereocenters. The minimum atomic E-state index is -0.291. The molecule has 88 valence electrons. The number of hydrogen-bond donors (Lipinski definition) is 1. The van der Waals surface area contributed by atoms with Crippen molar-refractivity contribution < 1.29 is 14.2 Å². The summed E-state index contributed by atoms with van der Waals surface area (Å²) in [6.45, 7) is 1.90. The molecule has 0 aromatic heterocycles. The Morgan fingerprint density at radius 3 is 2.53 bits per heavy atom. The predicted molar refractivity (Wildman–Crippen MR) is 64.8 cm³/mol. The zero-order chi connectivity index (χ0) is 12.4. The Bertz CT molecular complexity index is 550. The summed E-state index contributed by atoms with van der Waals surface area (Å²) in [5, 5.41) is 9.69. The molecule has 0 saturated heterocycles. The highest BCUT2D eigenvalue weighted by Gasteiger charge is 2.07. The molecule has 2 aromatic carbocycles. The Hall–Kier alpha value is -2.03. The van der Waals surface area contributed by atoms with Crippen LogP contribution in [0.15, 0.2) is 36.4 Å². The van der Waals surface area contributed by atoms with Crippen molar-refractivity contribution in [1.82, 2.24) is 0 Å². The molecule has 0 aliphatic carbocycles. The van der Waals surface area contributed by atoms with E-state index < -0.39 is 0 Å². The fourth-order valence-corrected chi connectivity index (χ4v) is 1.76. The topological polar surface area (TPSA) is 29.5 Å². The molecule has 3 heteroatoms. The smallest absolute Gasteiger partial charge is 0.160 e. The average Bonchev–Trinajstić information content (AvgIpc) is 2.32. The molecule has 0 amide bonds. The lowest BCUT2D eigenvalue weighted by atomic mass is 10.00. The summed E-state index contributed by atoms with van der Waals surface area (Å²) < 4.78 is 18.2. The Morgan fingerprint density at radius 1 is 1.12 bits per heavy atom. The Kier molecular flexibility index (Phi) is 3.00. The van der Waals surface area contributed by atoms with Crippen molar-refractivity contribution in [1.29, 1.82) is 0 Å². The second-order valence-electron chi connectivity index (χ2n) is 3.85. The highest BCUT2D eigenvalue weighted by molar-refractivity contribution is 5.70. The summed E-state index contributed by atoms with van der Waals surface area (Å²) in [6.07, 6.45) is 0. The first-order valence-corrected chi connectivity index (χ1v) is 5.25. The van der Waals surface area contributed by atoms with Gasteiger partial charge in [-0.1, -0.05) is 12.1 Å². The molecule has 0 heterocycles. The molecular weight excluding hydrogens is 219 g/mol. The van der Waals surface area contributed by atoms with Gasteiger partial charge in [-0.15, -0.1) is 0 Å². The van der Waals surface area contributed by atoms with E-state index in [0.29, 0.717) is 5.75 Å². The fraction of sp³-hybridized carbons (Fsp3) is 0.143. The zero-order valence-corrected chi connectivity index (χ0v) is 9.70.